The molecule has 0 spiro atoms. The van der Waals surface area contributed by atoms with Crippen molar-refractivity contribution in [3.05, 3.63) is 0 Å². The highest BCUT2D eigenvalue weighted by Crippen LogP contribution is 2.18. The first-order valence-corrected chi connectivity index (χ1v) is 24.4. The van der Waals surface area contributed by atoms with Crippen molar-refractivity contribution in [1.82, 2.24) is 5.32 Å². The Balaban J connectivity index is 3.65. The van der Waals surface area contributed by atoms with Gasteiger partial charge < -0.3 is 25.7 Å². The molecule has 0 aliphatic carbocycles. The summed E-state index contributed by atoms with van der Waals surface area (Å²) in [5.74, 6) is -0.578. The number of unbranched alkanes of at least 4 members (excludes halogenated alkanes) is 36. The van der Waals surface area contributed by atoms with Gasteiger partial charge in [-0.3, -0.25) is 4.79 Å². The summed E-state index contributed by atoms with van der Waals surface area (Å²) in [4.78, 5) is 12.5. The molecule has 0 aromatic carbocycles. The van der Waals surface area contributed by atoms with Crippen LogP contribution in [0.3, 0.4) is 0 Å². The van der Waals surface area contributed by atoms with Crippen LogP contribution in [-0.2, 0) is 4.79 Å². The molecule has 0 heterocycles. The van der Waals surface area contributed by atoms with Crippen LogP contribution in [0.5, 0.6) is 0 Å². The predicted octanol–water partition coefficient (Wildman–Crippen LogP) is 13.2. The molecule has 0 aliphatic rings. The van der Waals surface area contributed by atoms with Gasteiger partial charge in [0, 0.05) is 0 Å². The van der Waals surface area contributed by atoms with Gasteiger partial charge in [-0.05, 0) is 12.8 Å². The van der Waals surface area contributed by atoms with Crippen molar-refractivity contribution in [2.45, 2.75) is 295 Å². The second-order valence-electron chi connectivity index (χ2n) is 17.2. The van der Waals surface area contributed by atoms with E-state index in [2.05, 4.69) is 19.2 Å². The van der Waals surface area contributed by atoms with E-state index in [0.717, 1.165) is 38.5 Å². The lowest BCUT2D eigenvalue weighted by atomic mass is 9.99. The average molecular weight is 768 g/mol. The first kappa shape index (κ1) is 53.3. The van der Waals surface area contributed by atoms with E-state index in [4.69, 9.17) is 0 Å². The minimum atomic E-state index is -1.25. The van der Waals surface area contributed by atoms with Gasteiger partial charge in [0.2, 0.25) is 5.91 Å². The number of nitrogens with one attached hydrogen (secondary N) is 1. The molecule has 0 aromatic rings. The molecular weight excluding hydrogens is 671 g/mol. The summed E-state index contributed by atoms with van der Waals surface area (Å²) in [5.41, 5.74) is 0. The second-order valence-corrected chi connectivity index (χ2v) is 17.2. The van der Waals surface area contributed by atoms with Gasteiger partial charge in [-0.15, -0.1) is 0 Å². The molecule has 1 amide bonds. The van der Waals surface area contributed by atoms with Crippen molar-refractivity contribution in [1.29, 1.82) is 0 Å². The van der Waals surface area contributed by atoms with Gasteiger partial charge in [0.15, 0.2) is 0 Å². The molecule has 54 heavy (non-hydrogen) atoms. The highest BCUT2D eigenvalue weighted by Gasteiger charge is 2.28. The zero-order chi connectivity index (χ0) is 39.6. The van der Waals surface area contributed by atoms with Crippen molar-refractivity contribution >= 4 is 5.91 Å². The van der Waals surface area contributed by atoms with Crippen LogP contribution in [-0.4, -0.2) is 57.3 Å². The molecule has 324 valence electrons. The van der Waals surface area contributed by atoms with E-state index in [9.17, 15) is 25.2 Å². The maximum Gasteiger partial charge on any atom is 0.249 e. The Morgan fingerprint density at radius 3 is 0.889 bits per heavy atom. The summed E-state index contributed by atoms with van der Waals surface area (Å²) >= 11 is 0. The maximum atomic E-state index is 12.5. The second kappa shape index (κ2) is 43.4. The molecule has 0 radical (unpaired) electrons. The van der Waals surface area contributed by atoms with E-state index in [0.29, 0.717) is 12.8 Å². The lowest BCUT2D eigenvalue weighted by Gasteiger charge is -2.27. The Hall–Kier alpha value is -0.690. The number of rotatable bonds is 45. The summed E-state index contributed by atoms with van der Waals surface area (Å²) in [6.07, 6.45) is 47.1. The molecular formula is C48H97NO5. The minimum Gasteiger partial charge on any atom is -0.394 e. The molecule has 0 fully saturated rings. The standard InChI is InChI=1S/C48H97NO5/c1-3-5-7-9-11-13-15-17-19-21-22-23-24-26-28-30-32-34-36-38-40-42-46(52)48(54)49-44(43-50)47(53)45(51)41-39-37-35-33-31-29-27-25-20-18-16-14-12-10-8-6-4-2/h44-47,50-53H,3-43H2,1-2H3,(H,49,54). The third-order valence-corrected chi connectivity index (χ3v) is 11.8. The van der Waals surface area contributed by atoms with Crippen LogP contribution in [0.25, 0.3) is 0 Å². The summed E-state index contributed by atoms with van der Waals surface area (Å²) < 4.78 is 0. The van der Waals surface area contributed by atoms with Gasteiger partial charge in [-0.1, -0.05) is 258 Å². The number of amides is 1. The topological polar surface area (TPSA) is 110 Å². The molecule has 0 rings (SSSR count). The summed E-state index contributed by atoms with van der Waals surface area (Å²) in [6.45, 7) is 4.08. The van der Waals surface area contributed by atoms with Crippen molar-refractivity contribution in [2.24, 2.45) is 0 Å². The Labute approximate surface area is 337 Å². The third kappa shape index (κ3) is 36.9. The van der Waals surface area contributed by atoms with Crippen LogP contribution in [0.4, 0.5) is 0 Å². The average Bonchev–Trinajstić information content (AvgIpc) is 3.18. The fourth-order valence-corrected chi connectivity index (χ4v) is 7.94. The Morgan fingerprint density at radius 2 is 0.630 bits per heavy atom. The molecule has 0 bridgehead atoms. The maximum absolute atomic E-state index is 12.5. The predicted molar refractivity (Wildman–Crippen MR) is 233 cm³/mol. The summed E-state index contributed by atoms with van der Waals surface area (Å²) in [5, 5.41) is 43.8. The van der Waals surface area contributed by atoms with E-state index in [-0.39, 0.29) is 0 Å². The molecule has 6 heteroatoms. The van der Waals surface area contributed by atoms with E-state index in [1.54, 1.807) is 0 Å². The molecule has 5 N–H and O–H groups in total. The monoisotopic (exact) mass is 768 g/mol. The van der Waals surface area contributed by atoms with E-state index >= 15 is 0 Å². The zero-order valence-electron chi connectivity index (χ0n) is 36.5. The normalized spacial score (nSPS) is 14.0. The Kier molecular flexibility index (Phi) is 42.9. The SMILES string of the molecule is CCCCCCCCCCCCCCCCCCCCCCCC(O)C(=O)NC(CO)C(O)C(O)CCCCCCCCCCCCCCCCCCC. The van der Waals surface area contributed by atoms with E-state index < -0.39 is 36.9 Å². The Morgan fingerprint density at radius 1 is 0.389 bits per heavy atom. The summed E-state index contributed by atoms with van der Waals surface area (Å²) in [7, 11) is 0. The minimum absolute atomic E-state index is 0.376. The number of hydrogen-bond donors (Lipinski definition) is 5. The van der Waals surface area contributed by atoms with Gasteiger partial charge in [-0.25, -0.2) is 0 Å². The van der Waals surface area contributed by atoms with Crippen molar-refractivity contribution < 1.29 is 25.2 Å². The number of hydrogen-bond acceptors (Lipinski definition) is 5. The van der Waals surface area contributed by atoms with Crippen LogP contribution < -0.4 is 5.32 Å². The van der Waals surface area contributed by atoms with Crippen molar-refractivity contribution in [2.75, 3.05) is 6.61 Å². The lowest BCUT2D eigenvalue weighted by molar-refractivity contribution is -0.132. The van der Waals surface area contributed by atoms with Crippen molar-refractivity contribution in [3.8, 4) is 0 Å². The molecule has 0 aliphatic heterocycles. The van der Waals surface area contributed by atoms with E-state index in [1.807, 2.05) is 0 Å². The van der Waals surface area contributed by atoms with Crippen LogP contribution in [0.1, 0.15) is 271 Å². The highest BCUT2D eigenvalue weighted by atomic mass is 16.3. The zero-order valence-corrected chi connectivity index (χ0v) is 36.5. The van der Waals surface area contributed by atoms with E-state index in [1.165, 1.54) is 205 Å². The van der Waals surface area contributed by atoms with Gasteiger partial charge in [0.25, 0.3) is 0 Å². The third-order valence-electron chi connectivity index (χ3n) is 11.8. The quantitative estimate of drug-likeness (QED) is 0.0396. The number of aliphatic hydroxyl groups excluding tert-OH is 4. The number of carbonyl (C=O) groups is 1. The van der Waals surface area contributed by atoms with Crippen LogP contribution in [0, 0.1) is 0 Å². The smallest absolute Gasteiger partial charge is 0.249 e. The molecule has 4 unspecified atom stereocenters. The molecule has 0 saturated heterocycles. The first-order chi connectivity index (χ1) is 26.5. The fourth-order valence-electron chi connectivity index (χ4n) is 7.94. The van der Waals surface area contributed by atoms with Crippen molar-refractivity contribution in [3.63, 3.8) is 0 Å². The lowest BCUT2D eigenvalue weighted by Crippen LogP contribution is -2.53. The van der Waals surface area contributed by atoms with Crippen LogP contribution >= 0.6 is 0 Å². The number of aliphatic hydroxyl groups is 4. The van der Waals surface area contributed by atoms with Gasteiger partial charge in [0.1, 0.15) is 12.2 Å². The Bertz CT molecular complexity index is 736. The van der Waals surface area contributed by atoms with Gasteiger partial charge in [0.05, 0.1) is 18.8 Å². The van der Waals surface area contributed by atoms with Crippen LogP contribution in [0.2, 0.25) is 0 Å². The molecule has 6 nitrogen and oxygen atoms in total. The molecule has 4 atom stereocenters. The first-order valence-electron chi connectivity index (χ1n) is 24.4. The van der Waals surface area contributed by atoms with Crippen LogP contribution in [0.15, 0.2) is 0 Å². The van der Waals surface area contributed by atoms with Gasteiger partial charge in [-0.2, -0.15) is 0 Å². The fraction of sp³-hybridized carbons (Fsp3) is 0.979. The van der Waals surface area contributed by atoms with Gasteiger partial charge >= 0.3 is 0 Å². The molecule has 0 aromatic heterocycles. The number of carbonyl (C=O) groups excluding carboxylic acids is 1. The largest absolute Gasteiger partial charge is 0.394 e. The highest BCUT2D eigenvalue weighted by molar-refractivity contribution is 5.80. The molecule has 0 saturated carbocycles. The summed E-state index contributed by atoms with van der Waals surface area (Å²) in [6, 6.07) is -0.979.